The van der Waals surface area contributed by atoms with E-state index in [0.29, 0.717) is 17.2 Å². The van der Waals surface area contributed by atoms with Gasteiger partial charge in [0.15, 0.2) is 0 Å². The molecule has 0 bridgehead atoms. The van der Waals surface area contributed by atoms with Crippen molar-refractivity contribution in [2.24, 2.45) is 0 Å². The van der Waals surface area contributed by atoms with Gasteiger partial charge in [-0.1, -0.05) is 38.1 Å². The van der Waals surface area contributed by atoms with Crippen molar-refractivity contribution in [3.05, 3.63) is 51.8 Å². The molecular formula is C16H20N2O2. The third-order valence-corrected chi connectivity index (χ3v) is 3.34. The summed E-state index contributed by atoms with van der Waals surface area (Å²) in [5.41, 5.74) is 1.58. The second-order valence-corrected chi connectivity index (χ2v) is 5.83. The van der Waals surface area contributed by atoms with E-state index in [1.807, 2.05) is 12.1 Å². The first-order valence-electron chi connectivity index (χ1n) is 6.72. The molecule has 4 heteroatoms. The third kappa shape index (κ3) is 2.96. The van der Waals surface area contributed by atoms with Crippen LogP contribution in [0.4, 0.5) is 0 Å². The lowest BCUT2D eigenvalue weighted by molar-refractivity contribution is 0.0769. The van der Waals surface area contributed by atoms with Gasteiger partial charge in [0.2, 0.25) is 0 Å². The quantitative estimate of drug-likeness (QED) is 0.903. The molecule has 1 heterocycles. The minimum atomic E-state index is -1.19. The van der Waals surface area contributed by atoms with Gasteiger partial charge in [-0.15, -0.1) is 0 Å². The first-order chi connectivity index (χ1) is 9.29. The number of nitrogens with one attached hydrogen (secondary N) is 1. The summed E-state index contributed by atoms with van der Waals surface area (Å²) in [5, 5.41) is 16.5. The topological polar surface area (TPSA) is 66.0 Å². The monoisotopic (exact) mass is 272 g/mol. The number of nitrogens with zero attached hydrogens (tertiary/aromatic N) is 1. The highest BCUT2D eigenvalue weighted by Gasteiger charge is 2.21. The van der Waals surface area contributed by atoms with Crippen molar-refractivity contribution in [2.75, 3.05) is 0 Å². The summed E-state index contributed by atoms with van der Waals surface area (Å²) >= 11 is 0. The number of H-pyrrole nitrogens is 1. The fourth-order valence-electron chi connectivity index (χ4n) is 2.05. The van der Waals surface area contributed by atoms with Crippen LogP contribution in [0.25, 0.3) is 11.3 Å². The highest BCUT2D eigenvalue weighted by molar-refractivity contribution is 5.59. The molecule has 4 nitrogen and oxygen atoms in total. The molecule has 0 aliphatic rings. The molecule has 2 aromatic rings. The molecule has 0 unspecified atom stereocenters. The fraction of sp³-hybridized carbons (Fsp3) is 0.375. The molecule has 0 saturated heterocycles. The molecule has 2 rings (SSSR count). The summed E-state index contributed by atoms with van der Waals surface area (Å²) in [6.45, 7) is 7.45. The number of benzene rings is 1. The van der Waals surface area contributed by atoms with Gasteiger partial charge in [-0.05, 0) is 31.4 Å². The van der Waals surface area contributed by atoms with Gasteiger partial charge in [-0.2, -0.15) is 5.10 Å². The Labute approximate surface area is 118 Å². The molecule has 0 saturated carbocycles. The maximum atomic E-state index is 11.7. The zero-order valence-electron chi connectivity index (χ0n) is 12.3. The van der Waals surface area contributed by atoms with E-state index in [9.17, 15) is 9.90 Å². The van der Waals surface area contributed by atoms with E-state index >= 15 is 0 Å². The highest BCUT2D eigenvalue weighted by Crippen LogP contribution is 2.23. The van der Waals surface area contributed by atoms with E-state index in [2.05, 4.69) is 36.2 Å². The first kappa shape index (κ1) is 14.5. The van der Waals surface area contributed by atoms with Crippen molar-refractivity contribution in [3.63, 3.8) is 0 Å². The molecule has 0 amide bonds. The fourth-order valence-corrected chi connectivity index (χ4v) is 2.05. The van der Waals surface area contributed by atoms with E-state index in [1.165, 1.54) is 5.56 Å². The summed E-state index contributed by atoms with van der Waals surface area (Å²) < 4.78 is 0. The van der Waals surface area contributed by atoms with Crippen molar-refractivity contribution >= 4 is 0 Å². The molecule has 106 valence electrons. The van der Waals surface area contributed by atoms with Gasteiger partial charge in [0.1, 0.15) is 0 Å². The number of rotatable bonds is 3. The second kappa shape index (κ2) is 5.21. The molecule has 0 atom stereocenters. The van der Waals surface area contributed by atoms with Crippen molar-refractivity contribution in [1.82, 2.24) is 10.2 Å². The predicted molar refractivity (Wildman–Crippen MR) is 79.6 cm³/mol. The van der Waals surface area contributed by atoms with Crippen LogP contribution in [0.1, 0.15) is 44.7 Å². The summed E-state index contributed by atoms with van der Waals surface area (Å²) in [7, 11) is 0. The molecule has 0 radical (unpaired) electrons. The van der Waals surface area contributed by atoms with Crippen LogP contribution in [0.5, 0.6) is 0 Å². The molecule has 0 aliphatic carbocycles. The number of aliphatic hydroxyl groups is 1. The van der Waals surface area contributed by atoms with Crippen LogP contribution >= 0.6 is 0 Å². The van der Waals surface area contributed by atoms with Gasteiger partial charge >= 0.3 is 0 Å². The van der Waals surface area contributed by atoms with E-state index < -0.39 is 5.60 Å². The Kier molecular flexibility index (Phi) is 3.77. The van der Waals surface area contributed by atoms with Crippen LogP contribution in [0.15, 0.2) is 35.1 Å². The van der Waals surface area contributed by atoms with E-state index in [-0.39, 0.29) is 5.56 Å². The van der Waals surface area contributed by atoms with Crippen LogP contribution in [0, 0.1) is 0 Å². The van der Waals surface area contributed by atoms with Crippen LogP contribution in [-0.2, 0) is 5.60 Å². The number of aromatic amines is 1. The van der Waals surface area contributed by atoms with Crippen molar-refractivity contribution < 1.29 is 5.11 Å². The van der Waals surface area contributed by atoms with Crippen molar-refractivity contribution in [2.45, 2.75) is 39.2 Å². The second-order valence-electron chi connectivity index (χ2n) is 5.83. The van der Waals surface area contributed by atoms with Gasteiger partial charge in [-0.25, -0.2) is 5.10 Å². The molecule has 20 heavy (non-hydrogen) atoms. The van der Waals surface area contributed by atoms with Gasteiger partial charge < -0.3 is 5.11 Å². The average Bonchev–Trinajstić information content (AvgIpc) is 2.38. The van der Waals surface area contributed by atoms with Crippen LogP contribution in [0.2, 0.25) is 0 Å². The number of aromatic nitrogens is 2. The Morgan fingerprint density at radius 3 is 2.30 bits per heavy atom. The molecule has 1 aromatic carbocycles. The summed E-state index contributed by atoms with van der Waals surface area (Å²) in [5.74, 6) is 0.472. The normalized spacial score (nSPS) is 11.9. The first-order valence-corrected chi connectivity index (χ1v) is 6.72. The van der Waals surface area contributed by atoms with Crippen LogP contribution < -0.4 is 5.56 Å². The highest BCUT2D eigenvalue weighted by atomic mass is 16.3. The maximum Gasteiger partial charge on any atom is 0.270 e. The van der Waals surface area contributed by atoms with Crippen LogP contribution in [-0.4, -0.2) is 15.3 Å². The van der Waals surface area contributed by atoms with Gasteiger partial charge in [-0.3, -0.25) is 4.79 Å². The van der Waals surface area contributed by atoms with E-state index in [1.54, 1.807) is 19.9 Å². The molecule has 0 aliphatic heterocycles. The smallest absolute Gasteiger partial charge is 0.270 e. The minimum absolute atomic E-state index is 0.315. The lowest BCUT2D eigenvalue weighted by Crippen LogP contribution is -2.27. The predicted octanol–water partition coefficient (Wildman–Crippen LogP) is 2.79. The van der Waals surface area contributed by atoms with Crippen molar-refractivity contribution in [3.8, 4) is 11.3 Å². The Morgan fingerprint density at radius 2 is 1.80 bits per heavy atom. The van der Waals surface area contributed by atoms with Crippen molar-refractivity contribution in [1.29, 1.82) is 0 Å². The summed E-state index contributed by atoms with van der Waals surface area (Å²) in [6, 6.07) is 9.70. The Balaban J connectivity index is 2.46. The summed E-state index contributed by atoms with van der Waals surface area (Å²) in [4.78, 5) is 11.7. The maximum absolute atomic E-state index is 11.7. The van der Waals surface area contributed by atoms with E-state index in [4.69, 9.17) is 0 Å². The summed E-state index contributed by atoms with van der Waals surface area (Å²) in [6.07, 6.45) is 0. The lowest BCUT2D eigenvalue weighted by atomic mass is 9.97. The average molecular weight is 272 g/mol. The number of hydrogen-bond donors (Lipinski definition) is 2. The molecule has 0 spiro atoms. The van der Waals surface area contributed by atoms with Gasteiger partial charge in [0.25, 0.3) is 5.56 Å². The third-order valence-electron chi connectivity index (χ3n) is 3.34. The Morgan fingerprint density at radius 1 is 1.20 bits per heavy atom. The Hall–Kier alpha value is -1.94. The molecule has 1 aromatic heterocycles. The largest absolute Gasteiger partial charge is 0.386 e. The molecular weight excluding hydrogens is 252 g/mol. The zero-order valence-corrected chi connectivity index (χ0v) is 12.3. The van der Waals surface area contributed by atoms with Gasteiger partial charge in [0, 0.05) is 5.56 Å². The van der Waals surface area contributed by atoms with Gasteiger partial charge in [0.05, 0.1) is 16.9 Å². The lowest BCUT2D eigenvalue weighted by Gasteiger charge is -2.16. The number of hydrogen-bond acceptors (Lipinski definition) is 3. The minimum Gasteiger partial charge on any atom is -0.386 e. The molecule has 0 fully saturated rings. The molecule has 2 N–H and O–H groups in total. The standard InChI is InChI=1S/C16H20N2O2/c1-10(2)11-5-7-12(8-6-11)14-9-13(16(3,4)20)15(19)18-17-14/h5-10,20H,1-4H3,(H,18,19). The van der Waals surface area contributed by atoms with Crippen LogP contribution in [0.3, 0.4) is 0 Å². The van der Waals surface area contributed by atoms with E-state index in [0.717, 1.165) is 5.56 Å². The Bertz CT molecular complexity index is 649. The zero-order chi connectivity index (χ0) is 14.9. The SMILES string of the molecule is CC(C)c1ccc(-c2cc(C(C)(C)O)c(=O)[nH]n2)cc1.